The average molecular weight is 203 g/mol. The van der Waals surface area contributed by atoms with Gasteiger partial charge in [-0.3, -0.25) is 4.90 Å². The molecule has 0 aliphatic carbocycles. The number of aliphatic hydroxyl groups is 2. The molecule has 2 N–H and O–H groups in total. The lowest BCUT2D eigenvalue weighted by Crippen LogP contribution is -2.43. The molecule has 4 heteroatoms. The van der Waals surface area contributed by atoms with E-state index in [0.717, 1.165) is 19.5 Å². The Morgan fingerprint density at radius 3 is 2.79 bits per heavy atom. The van der Waals surface area contributed by atoms with Crippen LogP contribution in [0.15, 0.2) is 0 Å². The number of aliphatic hydroxyl groups excluding tert-OH is 2. The predicted molar refractivity (Wildman–Crippen MR) is 54.2 cm³/mol. The van der Waals surface area contributed by atoms with Crippen LogP contribution in [-0.4, -0.2) is 60.7 Å². The highest BCUT2D eigenvalue weighted by molar-refractivity contribution is 4.75. The van der Waals surface area contributed by atoms with E-state index in [9.17, 15) is 0 Å². The summed E-state index contributed by atoms with van der Waals surface area (Å²) in [5.74, 6) is 0. The van der Waals surface area contributed by atoms with Crippen molar-refractivity contribution < 1.29 is 14.9 Å². The minimum Gasteiger partial charge on any atom is -0.395 e. The summed E-state index contributed by atoms with van der Waals surface area (Å²) in [6, 6.07) is 0.321. The van der Waals surface area contributed by atoms with Crippen LogP contribution in [0.1, 0.15) is 19.3 Å². The number of nitrogens with zero attached hydrogens (tertiary/aromatic N) is 1. The summed E-state index contributed by atoms with van der Waals surface area (Å²) in [5, 5.41) is 17.7. The van der Waals surface area contributed by atoms with Crippen LogP contribution in [0.3, 0.4) is 0 Å². The Labute approximate surface area is 85.5 Å². The lowest BCUT2D eigenvalue weighted by atomic mass is 10.0. The van der Waals surface area contributed by atoms with Crippen LogP contribution in [0.2, 0.25) is 0 Å². The van der Waals surface area contributed by atoms with Crippen molar-refractivity contribution in [3.8, 4) is 0 Å². The Kier molecular flexibility index (Phi) is 6.10. The van der Waals surface area contributed by atoms with Gasteiger partial charge in [0.15, 0.2) is 0 Å². The second-order valence-corrected chi connectivity index (χ2v) is 3.70. The molecule has 0 saturated carbocycles. The Balaban J connectivity index is 2.13. The van der Waals surface area contributed by atoms with Crippen molar-refractivity contribution in [2.75, 3.05) is 39.5 Å². The molecule has 0 aromatic rings. The van der Waals surface area contributed by atoms with Gasteiger partial charge in [-0.25, -0.2) is 0 Å². The molecule has 4 nitrogen and oxygen atoms in total. The average Bonchev–Trinajstić information content (AvgIpc) is 2.25. The topological polar surface area (TPSA) is 52.9 Å². The van der Waals surface area contributed by atoms with Crippen molar-refractivity contribution in [3.05, 3.63) is 0 Å². The number of rotatable bonds is 6. The van der Waals surface area contributed by atoms with Gasteiger partial charge in [0.05, 0.1) is 26.4 Å². The third-order valence-electron chi connectivity index (χ3n) is 2.72. The van der Waals surface area contributed by atoms with Crippen LogP contribution in [0.4, 0.5) is 0 Å². The standard InChI is InChI=1S/C10H21NO3/c12-6-8-14-7-5-11-4-2-1-3-10(11)9-13/h10,12-13H,1-9H2/t10-/m1/s1. The van der Waals surface area contributed by atoms with Crippen LogP contribution < -0.4 is 0 Å². The van der Waals surface area contributed by atoms with E-state index in [1.165, 1.54) is 12.8 Å². The van der Waals surface area contributed by atoms with Gasteiger partial charge in [0, 0.05) is 12.6 Å². The van der Waals surface area contributed by atoms with Crippen molar-refractivity contribution in [1.29, 1.82) is 0 Å². The highest BCUT2D eigenvalue weighted by atomic mass is 16.5. The molecule has 0 bridgehead atoms. The molecule has 1 aliphatic heterocycles. The van der Waals surface area contributed by atoms with Crippen molar-refractivity contribution in [2.24, 2.45) is 0 Å². The summed E-state index contributed by atoms with van der Waals surface area (Å²) in [6.45, 7) is 3.33. The molecule has 0 aromatic carbocycles. The van der Waals surface area contributed by atoms with Gasteiger partial charge in [-0.05, 0) is 19.4 Å². The smallest absolute Gasteiger partial charge is 0.0698 e. The lowest BCUT2D eigenvalue weighted by molar-refractivity contribution is 0.0379. The van der Waals surface area contributed by atoms with Crippen LogP contribution in [0.25, 0.3) is 0 Å². The Morgan fingerprint density at radius 1 is 1.21 bits per heavy atom. The van der Waals surface area contributed by atoms with E-state index >= 15 is 0 Å². The van der Waals surface area contributed by atoms with E-state index in [4.69, 9.17) is 14.9 Å². The van der Waals surface area contributed by atoms with Crippen molar-refractivity contribution in [1.82, 2.24) is 4.90 Å². The fraction of sp³-hybridized carbons (Fsp3) is 1.00. The molecular formula is C10H21NO3. The summed E-state index contributed by atoms with van der Waals surface area (Å²) in [7, 11) is 0. The molecule has 0 aromatic heterocycles. The number of hydrogen-bond acceptors (Lipinski definition) is 4. The zero-order valence-corrected chi connectivity index (χ0v) is 8.69. The number of hydrogen-bond donors (Lipinski definition) is 2. The molecule has 1 fully saturated rings. The maximum absolute atomic E-state index is 9.14. The summed E-state index contributed by atoms with van der Waals surface area (Å²) in [6.07, 6.45) is 3.53. The highest BCUT2D eigenvalue weighted by Gasteiger charge is 2.20. The lowest BCUT2D eigenvalue weighted by Gasteiger charge is -2.34. The van der Waals surface area contributed by atoms with E-state index < -0.39 is 0 Å². The molecule has 1 saturated heterocycles. The second-order valence-electron chi connectivity index (χ2n) is 3.70. The summed E-state index contributed by atoms with van der Waals surface area (Å²) in [5.41, 5.74) is 0. The second kappa shape index (κ2) is 7.17. The zero-order chi connectivity index (χ0) is 10.2. The van der Waals surface area contributed by atoms with Gasteiger partial charge >= 0.3 is 0 Å². The normalized spacial score (nSPS) is 24.0. The maximum atomic E-state index is 9.14. The van der Waals surface area contributed by atoms with E-state index in [1.807, 2.05) is 0 Å². The van der Waals surface area contributed by atoms with Crippen LogP contribution in [0.5, 0.6) is 0 Å². The first-order valence-corrected chi connectivity index (χ1v) is 5.42. The van der Waals surface area contributed by atoms with Crippen LogP contribution in [-0.2, 0) is 4.74 Å². The van der Waals surface area contributed by atoms with E-state index in [-0.39, 0.29) is 13.2 Å². The summed E-state index contributed by atoms with van der Waals surface area (Å²) in [4.78, 5) is 2.28. The predicted octanol–water partition coefficient (Wildman–Crippen LogP) is -0.158. The van der Waals surface area contributed by atoms with Gasteiger partial charge in [0.25, 0.3) is 0 Å². The fourth-order valence-electron chi connectivity index (χ4n) is 1.91. The molecule has 1 heterocycles. The minimum atomic E-state index is 0.0867. The van der Waals surface area contributed by atoms with Gasteiger partial charge in [0.1, 0.15) is 0 Å². The molecule has 0 radical (unpaired) electrons. The van der Waals surface area contributed by atoms with Gasteiger partial charge in [0.2, 0.25) is 0 Å². The largest absolute Gasteiger partial charge is 0.395 e. The third kappa shape index (κ3) is 3.92. The van der Waals surface area contributed by atoms with Gasteiger partial charge in [-0.2, -0.15) is 0 Å². The molecule has 1 rings (SSSR count). The zero-order valence-electron chi connectivity index (χ0n) is 8.69. The van der Waals surface area contributed by atoms with E-state index in [2.05, 4.69) is 4.90 Å². The molecule has 84 valence electrons. The first-order valence-electron chi connectivity index (χ1n) is 5.42. The summed E-state index contributed by atoms with van der Waals surface area (Å²) >= 11 is 0. The first kappa shape index (κ1) is 11.9. The Bertz CT molecular complexity index is 143. The third-order valence-corrected chi connectivity index (χ3v) is 2.72. The van der Waals surface area contributed by atoms with Crippen LogP contribution >= 0.6 is 0 Å². The molecule has 0 unspecified atom stereocenters. The number of likely N-dealkylation sites (tertiary alicyclic amines) is 1. The maximum Gasteiger partial charge on any atom is 0.0698 e. The fourth-order valence-corrected chi connectivity index (χ4v) is 1.91. The van der Waals surface area contributed by atoms with Crippen molar-refractivity contribution >= 4 is 0 Å². The monoisotopic (exact) mass is 203 g/mol. The highest BCUT2D eigenvalue weighted by Crippen LogP contribution is 2.15. The SMILES string of the molecule is OCCOCCN1CCCC[C@@H]1CO. The van der Waals surface area contributed by atoms with Crippen LogP contribution in [0, 0.1) is 0 Å². The molecule has 1 atom stereocenters. The molecule has 14 heavy (non-hydrogen) atoms. The molecule has 1 aliphatic rings. The van der Waals surface area contributed by atoms with Gasteiger partial charge < -0.3 is 14.9 Å². The van der Waals surface area contributed by atoms with Crippen molar-refractivity contribution in [3.63, 3.8) is 0 Å². The molecule has 0 amide bonds. The Hall–Kier alpha value is -0.160. The van der Waals surface area contributed by atoms with E-state index in [0.29, 0.717) is 19.3 Å². The molecule has 0 spiro atoms. The van der Waals surface area contributed by atoms with E-state index in [1.54, 1.807) is 0 Å². The quantitative estimate of drug-likeness (QED) is 0.589. The summed E-state index contributed by atoms with van der Waals surface area (Å²) < 4.78 is 5.21. The molecular weight excluding hydrogens is 182 g/mol. The van der Waals surface area contributed by atoms with Gasteiger partial charge in [-0.1, -0.05) is 6.42 Å². The number of piperidine rings is 1. The Morgan fingerprint density at radius 2 is 2.07 bits per heavy atom. The number of ether oxygens (including phenoxy) is 1. The van der Waals surface area contributed by atoms with Crippen molar-refractivity contribution in [2.45, 2.75) is 25.3 Å². The first-order chi connectivity index (χ1) is 6.88. The van der Waals surface area contributed by atoms with Gasteiger partial charge in [-0.15, -0.1) is 0 Å². The minimum absolute atomic E-state index is 0.0867.